The van der Waals surface area contributed by atoms with Crippen molar-refractivity contribution in [2.24, 2.45) is 0 Å². The molecule has 138 valence electrons. The van der Waals surface area contributed by atoms with Gasteiger partial charge in [-0.15, -0.1) is 0 Å². The summed E-state index contributed by atoms with van der Waals surface area (Å²) >= 11 is 1.01. The van der Waals surface area contributed by atoms with Crippen molar-refractivity contribution in [3.8, 4) is 0 Å². The number of hydrogen-bond acceptors (Lipinski definition) is 6. The van der Waals surface area contributed by atoms with Crippen molar-refractivity contribution in [1.82, 2.24) is 10.2 Å². The molecule has 1 N–H and O–H groups in total. The summed E-state index contributed by atoms with van der Waals surface area (Å²) in [6.45, 7) is 0. The average molecular weight is 376 g/mol. The van der Waals surface area contributed by atoms with Crippen molar-refractivity contribution in [3.05, 3.63) is 35.4 Å². The minimum Gasteiger partial charge on any atom is -0.465 e. The van der Waals surface area contributed by atoms with Crippen LogP contribution in [-0.4, -0.2) is 52.9 Å². The first-order valence-electron chi connectivity index (χ1n) is 8.49. The molecule has 0 unspecified atom stereocenters. The van der Waals surface area contributed by atoms with Crippen molar-refractivity contribution in [2.75, 3.05) is 12.9 Å². The highest BCUT2D eigenvalue weighted by Crippen LogP contribution is 2.30. The Morgan fingerprint density at radius 2 is 1.77 bits per heavy atom. The topological polar surface area (TPSA) is 92.8 Å². The third kappa shape index (κ3) is 3.75. The van der Waals surface area contributed by atoms with Gasteiger partial charge in [0.25, 0.3) is 11.1 Å². The number of nitrogens with zero attached hydrogens (tertiary/aromatic N) is 1. The fourth-order valence-corrected chi connectivity index (χ4v) is 4.16. The number of ether oxygens (including phenoxy) is 1. The number of thioether (sulfide) groups is 1. The average Bonchev–Trinajstić information content (AvgIpc) is 3.00. The molecule has 8 heteroatoms. The van der Waals surface area contributed by atoms with Crippen molar-refractivity contribution in [1.29, 1.82) is 0 Å². The van der Waals surface area contributed by atoms with Crippen LogP contribution in [0, 0.1) is 0 Å². The van der Waals surface area contributed by atoms with Crippen LogP contribution in [0.3, 0.4) is 0 Å². The summed E-state index contributed by atoms with van der Waals surface area (Å²) in [5.74, 6) is -0.767. The Morgan fingerprint density at radius 3 is 2.38 bits per heavy atom. The fraction of sp³-hybridized carbons (Fsp3) is 0.444. The molecule has 1 heterocycles. The molecule has 2 atom stereocenters. The summed E-state index contributed by atoms with van der Waals surface area (Å²) in [7, 11) is 1.30. The largest absolute Gasteiger partial charge is 0.465 e. The molecule has 0 radical (unpaired) electrons. The minimum atomic E-state index is -0.465. The molecule has 2 aliphatic rings. The number of carbonyl (C=O) groups is 4. The number of nitrogens with one attached hydrogen (secondary N) is 1. The molecule has 26 heavy (non-hydrogen) atoms. The Bertz CT molecular complexity index is 718. The predicted octanol–water partition coefficient (Wildman–Crippen LogP) is 2.21. The van der Waals surface area contributed by atoms with Crippen LogP contribution in [0.1, 0.15) is 46.4 Å². The molecular formula is C18H20N2O5S. The van der Waals surface area contributed by atoms with Crippen LogP contribution < -0.4 is 5.32 Å². The van der Waals surface area contributed by atoms with E-state index >= 15 is 0 Å². The van der Waals surface area contributed by atoms with Crippen LogP contribution in [0.5, 0.6) is 0 Å². The fourth-order valence-electron chi connectivity index (χ4n) is 3.40. The molecule has 0 spiro atoms. The smallest absolute Gasteiger partial charge is 0.337 e. The minimum absolute atomic E-state index is 0.172. The molecule has 1 saturated heterocycles. The second kappa shape index (κ2) is 7.90. The number of methoxy groups -OCH3 is 1. The zero-order chi connectivity index (χ0) is 18.7. The molecule has 3 rings (SSSR count). The molecule has 1 aliphatic carbocycles. The van der Waals surface area contributed by atoms with E-state index in [0.717, 1.165) is 31.0 Å². The first-order valence-corrected chi connectivity index (χ1v) is 9.48. The Labute approximate surface area is 155 Å². The Hall–Kier alpha value is -2.35. The van der Waals surface area contributed by atoms with E-state index in [0.29, 0.717) is 17.5 Å². The van der Waals surface area contributed by atoms with Gasteiger partial charge in [-0.05, 0) is 37.1 Å². The lowest BCUT2D eigenvalue weighted by Crippen LogP contribution is -2.54. The number of imide groups is 1. The maximum absolute atomic E-state index is 12.6. The molecule has 7 nitrogen and oxygen atoms in total. The van der Waals surface area contributed by atoms with Crippen molar-refractivity contribution >= 4 is 34.8 Å². The highest BCUT2D eigenvalue weighted by molar-refractivity contribution is 8.14. The molecule has 1 aliphatic heterocycles. The van der Waals surface area contributed by atoms with Gasteiger partial charge >= 0.3 is 5.97 Å². The summed E-state index contributed by atoms with van der Waals surface area (Å²) in [5, 5.41) is 2.72. The van der Waals surface area contributed by atoms with Gasteiger partial charge in [-0.3, -0.25) is 19.3 Å². The van der Waals surface area contributed by atoms with Crippen molar-refractivity contribution < 1.29 is 23.9 Å². The van der Waals surface area contributed by atoms with E-state index in [1.807, 2.05) is 0 Å². The van der Waals surface area contributed by atoms with Gasteiger partial charge in [-0.1, -0.05) is 24.6 Å². The Morgan fingerprint density at radius 1 is 1.12 bits per heavy atom. The number of carbonyl (C=O) groups excluding carboxylic acids is 4. The Kier molecular flexibility index (Phi) is 5.61. The monoisotopic (exact) mass is 376 g/mol. The number of hydrogen-bond donors (Lipinski definition) is 1. The summed E-state index contributed by atoms with van der Waals surface area (Å²) < 4.78 is 4.64. The SMILES string of the molecule is COC(=O)c1ccc(C(=O)N[C@@H]2CCCC[C@H]2N2C(=O)CSC2=O)cc1. The van der Waals surface area contributed by atoms with Crippen LogP contribution >= 0.6 is 11.8 Å². The molecule has 3 amide bonds. The van der Waals surface area contributed by atoms with Gasteiger partial charge in [0.05, 0.1) is 30.5 Å². The maximum Gasteiger partial charge on any atom is 0.337 e. The van der Waals surface area contributed by atoms with E-state index in [1.54, 1.807) is 12.1 Å². The lowest BCUT2D eigenvalue weighted by Gasteiger charge is -2.36. The number of esters is 1. The summed E-state index contributed by atoms with van der Waals surface area (Å²) in [6.07, 6.45) is 3.28. The quantitative estimate of drug-likeness (QED) is 0.810. The highest BCUT2D eigenvalue weighted by atomic mass is 32.2. The van der Waals surface area contributed by atoms with Crippen LogP contribution in [0.4, 0.5) is 4.79 Å². The molecular weight excluding hydrogens is 356 g/mol. The lowest BCUT2D eigenvalue weighted by atomic mass is 9.89. The second-order valence-electron chi connectivity index (χ2n) is 6.32. The van der Waals surface area contributed by atoms with E-state index < -0.39 is 5.97 Å². The van der Waals surface area contributed by atoms with Gasteiger partial charge in [-0.25, -0.2) is 4.79 Å². The third-order valence-electron chi connectivity index (χ3n) is 4.73. The van der Waals surface area contributed by atoms with Gasteiger partial charge in [0.2, 0.25) is 5.91 Å². The third-order valence-corrected chi connectivity index (χ3v) is 5.57. The number of benzene rings is 1. The summed E-state index contributed by atoms with van der Waals surface area (Å²) in [6, 6.07) is 5.62. The van der Waals surface area contributed by atoms with Gasteiger partial charge in [0, 0.05) is 5.56 Å². The number of amides is 3. The standard InChI is InChI=1S/C18H20N2O5S/c1-25-17(23)12-8-6-11(7-9-12)16(22)19-13-4-2-3-5-14(13)20-15(21)10-26-18(20)24/h6-9,13-14H,2-5,10H2,1H3,(H,19,22)/t13-,14-/m1/s1. The molecule has 2 fully saturated rings. The van der Waals surface area contributed by atoms with Gasteiger partial charge < -0.3 is 10.1 Å². The van der Waals surface area contributed by atoms with Crippen LogP contribution in [0.2, 0.25) is 0 Å². The van der Waals surface area contributed by atoms with Crippen LogP contribution in [0.15, 0.2) is 24.3 Å². The first-order chi connectivity index (χ1) is 12.5. The number of rotatable bonds is 4. The normalized spacial score (nSPS) is 23.0. The van der Waals surface area contributed by atoms with E-state index in [2.05, 4.69) is 10.1 Å². The maximum atomic E-state index is 12.6. The first kappa shape index (κ1) is 18.4. The van der Waals surface area contributed by atoms with Crippen LogP contribution in [-0.2, 0) is 9.53 Å². The predicted molar refractivity (Wildman–Crippen MR) is 96.0 cm³/mol. The van der Waals surface area contributed by atoms with E-state index in [9.17, 15) is 19.2 Å². The Balaban J connectivity index is 1.71. The lowest BCUT2D eigenvalue weighted by molar-refractivity contribution is -0.127. The van der Waals surface area contributed by atoms with Crippen molar-refractivity contribution in [2.45, 2.75) is 37.8 Å². The zero-order valence-electron chi connectivity index (χ0n) is 14.4. The van der Waals surface area contributed by atoms with Crippen LogP contribution in [0.25, 0.3) is 0 Å². The highest BCUT2D eigenvalue weighted by Gasteiger charge is 2.41. The van der Waals surface area contributed by atoms with E-state index in [1.165, 1.54) is 24.1 Å². The van der Waals surface area contributed by atoms with Gasteiger partial charge in [0.15, 0.2) is 0 Å². The van der Waals surface area contributed by atoms with Crippen molar-refractivity contribution in [3.63, 3.8) is 0 Å². The molecule has 0 bridgehead atoms. The zero-order valence-corrected chi connectivity index (χ0v) is 15.2. The second-order valence-corrected chi connectivity index (χ2v) is 7.25. The summed E-state index contributed by atoms with van der Waals surface area (Å²) in [4.78, 5) is 49.4. The van der Waals surface area contributed by atoms with Gasteiger partial charge in [-0.2, -0.15) is 0 Å². The molecule has 1 aromatic rings. The van der Waals surface area contributed by atoms with E-state index in [-0.39, 0.29) is 34.9 Å². The van der Waals surface area contributed by atoms with E-state index in [4.69, 9.17) is 0 Å². The summed E-state index contributed by atoms with van der Waals surface area (Å²) in [5.41, 5.74) is 0.778. The molecule has 0 aromatic heterocycles. The molecule has 1 saturated carbocycles. The molecule has 1 aromatic carbocycles. The van der Waals surface area contributed by atoms with Gasteiger partial charge in [0.1, 0.15) is 0 Å².